The standard InChI is InChI=1S/C19H39N5O/c1-6-20-19(22-18-14-24(15(2)3)13-16(18)4)21-12-17-8-7-9-23(17)10-11-25-5/h15-18H,6-14H2,1-5H3,(H2,20,21,22). The Morgan fingerprint density at radius 3 is 2.76 bits per heavy atom. The Bertz CT molecular complexity index is 415. The van der Waals surface area contributed by atoms with Crippen LogP contribution < -0.4 is 10.6 Å². The predicted octanol–water partition coefficient (Wildman–Crippen LogP) is 1.38. The van der Waals surface area contributed by atoms with Crippen LogP contribution in [0.2, 0.25) is 0 Å². The predicted molar refractivity (Wildman–Crippen MR) is 105 cm³/mol. The minimum absolute atomic E-state index is 0.480. The summed E-state index contributed by atoms with van der Waals surface area (Å²) in [7, 11) is 1.78. The van der Waals surface area contributed by atoms with E-state index in [4.69, 9.17) is 9.73 Å². The minimum Gasteiger partial charge on any atom is -0.383 e. The molecule has 0 spiro atoms. The second-order valence-electron chi connectivity index (χ2n) is 7.82. The molecular weight excluding hydrogens is 314 g/mol. The molecule has 0 amide bonds. The van der Waals surface area contributed by atoms with Crippen molar-refractivity contribution < 1.29 is 4.74 Å². The van der Waals surface area contributed by atoms with Crippen molar-refractivity contribution in [1.82, 2.24) is 20.4 Å². The Morgan fingerprint density at radius 1 is 1.32 bits per heavy atom. The summed E-state index contributed by atoms with van der Waals surface area (Å²) >= 11 is 0. The van der Waals surface area contributed by atoms with Gasteiger partial charge in [-0.15, -0.1) is 0 Å². The number of methoxy groups -OCH3 is 1. The van der Waals surface area contributed by atoms with Crippen molar-refractivity contribution in [3.8, 4) is 0 Å². The molecule has 2 aliphatic heterocycles. The van der Waals surface area contributed by atoms with Gasteiger partial charge in [0.1, 0.15) is 0 Å². The summed E-state index contributed by atoms with van der Waals surface area (Å²) in [5.41, 5.74) is 0. The van der Waals surface area contributed by atoms with Crippen LogP contribution in [0.3, 0.4) is 0 Å². The van der Waals surface area contributed by atoms with Gasteiger partial charge in [-0.1, -0.05) is 6.92 Å². The van der Waals surface area contributed by atoms with Crippen molar-refractivity contribution in [3.63, 3.8) is 0 Å². The first kappa shape index (κ1) is 20.5. The average Bonchev–Trinajstić information content (AvgIpc) is 3.17. The molecule has 0 aliphatic carbocycles. The Hall–Kier alpha value is -0.850. The van der Waals surface area contributed by atoms with Crippen LogP contribution in [-0.4, -0.2) is 86.9 Å². The van der Waals surface area contributed by atoms with Crippen molar-refractivity contribution in [2.75, 3.05) is 53.0 Å². The molecule has 146 valence electrons. The molecule has 25 heavy (non-hydrogen) atoms. The van der Waals surface area contributed by atoms with Gasteiger partial charge in [0.05, 0.1) is 13.2 Å². The van der Waals surface area contributed by atoms with Gasteiger partial charge in [0, 0.05) is 51.4 Å². The Balaban J connectivity index is 1.89. The van der Waals surface area contributed by atoms with Crippen LogP contribution >= 0.6 is 0 Å². The summed E-state index contributed by atoms with van der Waals surface area (Å²) in [4.78, 5) is 9.99. The Morgan fingerprint density at radius 2 is 2.12 bits per heavy atom. The normalized spacial score (nSPS) is 28.9. The molecule has 0 aromatic heterocycles. The number of guanidine groups is 1. The van der Waals surface area contributed by atoms with Crippen LogP contribution in [-0.2, 0) is 4.74 Å². The summed E-state index contributed by atoms with van der Waals surface area (Å²) in [6.07, 6.45) is 2.52. The number of hydrogen-bond donors (Lipinski definition) is 2. The van der Waals surface area contributed by atoms with Crippen LogP contribution in [0.15, 0.2) is 4.99 Å². The summed E-state index contributed by atoms with van der Waals surface area (Å²) in [6, 6.07) is 1.65. The molecule has 0 radical (unpaired) electrons. The lowest BCUT2D eigenvalue weighted by Gasteiger charge is -2.24. The van der Waals surface area contributed by atoms with E-state index in [1.807, 2.05) is 0 Å². The van der Waals surface area contributed by atoms with E-state index >= 15 is 0 Å². The van der Waals surface area contributed by atoms with Gasteiger partial charge in [0.25, 0.3) is 0 Å². The fourth-order valence-electron chi connectivity index (χ4n) is 3.91. The highest BCUT2D eigenvalue weighted by Gasteiger charge is 2.31. The van der Waals surface area contributed by atoms with Gasteiger partial charge in [-0.2, -0.15) is 0 Å². The van der Waals surface area contributed by atoms with E-state index in [-0.39, 0.29) is 0 Å². The number of rotatable bonds is 8. The lowest BCUT2D eigenvalue weighted by molar-refractivity contribution is 0.142. The fourth-order valence-corrected chi connectivity index (χ4v) is 3.91. The Labute approximate surface area is 154 Å². The monoisotopic (exact) mass is 353 g/mol. The molecule has 2 N–H and O–H groups in total. The number of hydrogen-bond acceptors (Lipinski definition) is 4. The van der Waals surface area contributed by atoms with Crippen LogP contribution in [0, 0.1) is 5.92 Å². The van der Waals surface area contributed by atoms with Crippen molar-refractivity contribution in [2.45, 2.75) is 58.7 Å². The molecule has 0 aromatic rings. The fraction of sp³-hybridized carbons (Fsp3) is 0.947. The molecule has 0 bridgehead atoms. The van der Waals surface area contributed by atoms with Gasteiger partial charge in [0.2, 0.25) is 0 Å². The maximum atomic E-state index is 5.24. The zero-order valence-electron chi connectivity index (χ0n) is 16.9. The van der Waals surface area contributed by atoms with Crippen LogP contribution in [0.5, 0.6) is 0 Å². The van der Waals surface area contributed by atoms with Crippen molar-refractivity contribution >= 4 is 5.96 Å². The first-order valence-electron chi connectivity index (χ1n) is 10.1. The SMILES string of the molecule is CCNC(=NCC1CCCN1CCOC)NC1CN(C(C)C)CC1C. The molecule has 2 fully saturated rings. The molecule has 0 saturated carbocycles. The summed E-state index contributed by atoms with van der Waals surface area (Å²) in [6.45, 7) is 16.1. The second-order valence-corrected chi connectivity index (χ2v) is 7.82. The van der Waals surface area contributed by atoms with E-state index in [1.165, 1.54) is 25.9 Å². The smallest absolute Gasteiger partial charge is 0.191 e. The molecule has 6 heteroatoms. The molecule has 2 heterocycles. The number of nitrogens with zero attached hydrogens (tertiary/aromatic N) is 3. The highest BCUT2D eigenvalue weighted by Crippen LogP contribution is 2.19. The van der Waals surface area contributed by atoms with Crippen LogP contribution in [0.4, 0.5) is 0 Å². The number of aliphatic imine (C=N–C) groups is 1. The summed E-state index contributed by atoms with van der Waals surface area (Å²) in [5, 5.41) is 7.12. The van der Waals surface area contributed by atoms with E-state index in [0.717, 1.165) is 38.7 Å². The first-order valence-corrected chi connectivity index (χ1v) is 10.1. The number of likely N-dealkylation sites (tertiary alicyclic amines) is 2. The topological polar surface area (TPSA) is 52.1 Å². The van der Waals surface area contributed by atoms with Crippen LogP contribution in [0.1, 0.15) is 40.5 Å². The van der Waals surface area contributed by atoms with Crippen LogP contribution in [0.25, 0.3) is 0 Å². The summed E-state index contributed by atoms with van der Waals surface area (Å²) in [5.74, 6) is 1.62. The molecular formula is C19H39N5O. The number of nitrogens with one attached hydrogen (secondary N) is 2. The van der Waals surface area contributed by atoms with Crippen molar-refractivity contribution in [2.24, 2.45) is 10.9 Å². The molecule has 2 saturated heterocycles. The zero-order valence-corrected chi connectivity index (χ0v) is 16.9. The maximum absolute atomic E-state index is 5.24. The second kappa shape index (κ2) is 10.3. The molecule has 2 rings (SSSR count). The third-order valence-corrected chi connectivity index (χ3v) is 5.58. The highest BCUT2D eigenvalue weighted by molar-refractivity contribution is 5.80. The maximum Gasteiger partial charge on any atom is 0.191 e. The first-order chi connectivity index (χ1) is 12.0. The van der Waals surface area contributed by atoms with Gasteiger partial charge in [-0.05, 0) is 46.1 Å². The lowest BCUT2D eigenvalue weighted by Crippen LogP contribution is -2.47. The van der Waals surface area contributed by atoms with Gasteiger partial charge < -0.3 is 15.4 Å². The van der Waals surface area contributed by atoms with E-state index in [0.29, 0.717) is 24.0 Å². The molecule has 6 nitrogen and oxygen atoms in total. The quantitative estimate of drug-likeness (QED) is 0.510. The minimum atomic E-state index is 0.480. The largest absolute Gasteiger partial charge is 0.383 e. The van der Waals surface area contributed by atoms with E-state index < -0.39 is 0 Å². The van der Waals surface area contributed by atoms with E-state index in [2.05, 4.69) is 48.1 Å². The third-order valence-electron chi connectivity index (χ3n) is 5.58. The van der Waals surface area contributed by atoms with Gasteiger partial charge in [-0.3, -0.25) is 14.8 Å². The lowest BCUT2D eigenvalue weighted by atomic mass is 10.1. The van der Waals surface area contributed by atoms with Gasteiger partial charge in [-0.25, -0.2) is 0 Å². The van der Waals surface area contributed by atoms with Crippen molar-refractivity contribution in [1.29, 1.82) is 0 Å². The van der Waals surface area contributed by atoms with E-state index in [1.54, 1.807) is 7.11 Å². The molecule has 3 atom stereocenters. The summed E-state index contributed by atoms with van der Waals surface area (Å²) < 4.78 is 5.24. The average molecular weight is 354 g/mol. The van der Waals surface area contributed by atoms with Gasteiger partial charge in [0.15, 0.2) is 5.96 Å². The molecule has 0 aromatic carbocycles. The zero-order chi connectivity index (χ0) is 18.2. The Kier molecular flexibility index (Phi) is 8.46. The highest BCUT2D eigenvalue weighted by atomic mass is 16.5. The molecule has 2 aliphatic rings. The third kappa shape index (κ3) is 6.12. The number of ether oxygens (including phenoxy) is 1. The molecule has 3 unspecified atom stereocenters. The van der Waals surface area contributed by atoms with Crippen molar-refractivity contribution in [3.05, 3.63) is 0 Å². The van der Waals surface area contributed by atoms with E-state index in [9.17, 15) is 0 Å². The van der Waals surface area contributed by atoms with Gasteiger partial charge >= 0.3 is 0 Å².